The minimum absolute atomic E-state index is 1.58. The van der Waals surface area contributed by atoms with Crippen LogP contribution >= 0.6 is 0 Å². The molecule has 0 fully saturated rings. The molecule has 3 heteroatoms. The molecule has 0 aliphatic rings. The Morgan fingerprint density at radius 2 is 1.50 bits per heavy atom. The Morgan fingerprint density at radius 3 is 1.50 bits per heavy atom. The summed E-state index contributed by atoms with van der Waals surface area (Å²) in [7, 11) is -1.58. The van der Waals surface area contributed by atoms with Crippen molar-refractivity contribution in [2.24, 2.45) is 0 Å². The molecule has 0 aliphatic heterocycles. The third-order valence-electron chi connectivity index (χ3n) is 0.274. The summed E-state index contributed by atoms with van der Waals surface area (Å²) in [6, 6.07) is 0. The predicted molar refractivity (Wildman–Crippen MR) is 27.1 cm³/mol. The van der Waals surface area contributed by atoms with Crippen molar-refractivity contribution >= 4 is 8.32 Å². The quantitative estimate of drug-likeness (QED) is 0.310. The van der Waals surface area contributed by atoms with Crippen molar-refractivity contribution in [2.45, 2.75) is 19.6 Å². The van der Waals surface area contributed by atoms with Crippen LogP contribution in [-0.2, 0) is 4.58 Å². The Kier molecular flexibility index (Phi) is 1.77. The topological polar surface area (TPSA) is 29.5 Å². The Morgan fingerprint density at radius 1 is 1.33 bits per heavy atom. The maximum atomic E-state index is 7.96. The zero-order valence-corrected chi connectivity index (χ0v) is 5.36. The van der Waals surface area contributed by atoms with Gasteiger partial charge in [0.05, 0.1) is 0 Å². The highest BCUT2D eigenvalue weighted by Crippen LogP contribution is 1.97. The third kappa shape index (κ3) is 4.14. The molecule has 0 atom stereocenters. The first-order chi connectivity index (χ1) is 2.56. The number of hydrogen-bond acceptors (Lipinski definition) is 2. The largest absolute Gasteiger partial charge is 0.290 e. The molecule has 6 heavy (non-hydrogen) atoms. The summed E-state index contributed by atoms with van der Waals surface area (Å²) in [5.41, 5.74) is 0. The molecule has 0 bridgehead atoms. The van der Waals surface area contributed by atoms with Gasteiger partial charge in [-0.2, -0.15) is 0 Å². The Labute approximate surface area is 38.8 Å². The second kappa shape index (κ2) is 1.73. The second-order valence-corrected chi connectivity index (χ2v) is 6.61. The van der Waals surface area contributed by atoms with Crippen LogP contribution in [0, 0.1) is 0 Å². The lowest BCUT2D eigenvalue weighted by Gasteiger charge is -2.07. The van der Waals surface area contributed by atoms with Crippen LogP contribution < -0.4 is 0 Å². The van der Waals surface area contributed by atoms with E-state index >= 15 is 0 Å². The van der Waals surface area contributed by atoms with Crippen molar-refractivity contribution < 1.29 is 9.83 Å². The van der Waals surface area contributed by atoms with Gasteiger partial charge in [-0.25, -0.2) is 0 Å². The lowest BCUT2D eigenvalue weighted by atomic mass is 11.8. The first-order valence-electron chi connectivity index (χ1n) is 1.89. The van der Waals surface area contributed by atoms with Gasteiger partial charge >= 0.3 is 0 Å². The molecule has 0 radical (unpaired) electrons. The van der Waals surface area contributed by atoms with Gasteiger partial charge in [0.2, 0.25) is 8.32 Å². The summed E-state index contributed by atoms with van der Waals surface area (Å²) in [4.78, 5) is 0. The van der Waals surface area contributed by atoms with Crippen LogP contribution in [0.3, 0.4) is 0 Å². The van der Waals surface area contributed by atoms with E-state index in [1.807, 2.05) is 19.6 Å². The number of rotatable bonds is 1. The van der Waals surface area contributed by atoms with Crippen molar-refractivity contribution in [1.82, 2.24) is 0 Å². The SMILES string of the molecule is C[Si](C)(C)OO. The molecule has 0 aromatic heterocycles. The maximum Gasteiger partial charge on any atom is 0.229 e. The highest BCUT2D eigenvalue weighted by molar-refractivity contribution is 6.69. The van der Waals surface area contributed by atoms with Gasteiger partial charge < -0.3 is 0 Å². The molecule has 0 heterocycles. The highest BCUT2D eigenvalue weighted by atomic mass is 28.4. The van der Waals surface area contributed by atoms with Crippen molar-refractivity contribution in [2.75, 3.05) is 0 Å². The molecule has 0 saturated carbocycles. The van der Waals surface area contributed by atoms with Gasteiger partial charge in [-0.05, 0) is 19.6 Å². The summed E-state index contributed by atoms with van der Waals surface area (Å²) >= 11 is 0. The zero-order valence-electron chi connectivity index (χ0n) is 4.36. The fourth-order valence-electron chi connectivity index (χ4n) is 0. The molecule has 0 aromatic carbocycles. The van der Waals surface area contributed by atoms with Gasteiger partial charge in [-0.3, -0.25) is 9.83 Å². The molecule has 0 aliphatic carbocycles. The van der Waals surface area contributed by atoms with E-state index in [1.165, 1.54) is 0 Å². The van der Waals surface area contributed by atoms with Crippen LogP contribution in [-0.4, -0.2) is 13.6 Å². The molecule has 0 aromatic rings. The Bertz CT molecular complexity index is 38.5. The first-order valence-corrected chi connectivity index (χ1v) is 5.29. The van der Waals surface area contributed by atoms with Gasteiger partial charge in [0.25, 0.3) is 0 Å². The lowest BCUT2D eigenvalue weighted by molar-refractivity contribution is -0.149. The standard InChI is InChI=1S/C3H10O2Si/c1-6(2,3)5-4/h4H,1-3H3. The number of hydrogen-bond donors (Lipinski definition) is 1. The first kappa shape index (κ1) is 6.14. The second-order valence-electron chi connectivity index (χ2n) is 2.20. The molecule has 0 unspecified atom stereocenters. The van der Waals surface area contributed by atoms with Gasteiger partial charge in [0.15, 0.2) is 0 Å². The van der Waals surface area contributed by atoms with Gasteiger partial charge in [-0.1, -0.05) is 0 Å². The smallest absolute Gasteiger partial charge is 0.229 e. The summed E-state index contributed by atoms with van der Waals surface area (Å²) in [6.45, 7) is 5.73. The Hall–Kier alpha value is 0.137. The van der Waals surface area contributed by atoms with Gasteiger partial charge in [0.1, 0.15) is 0 Å². The van der Waals surface area contributed by atoms with Crippen LogP contribution in [0.15, 0.2) is 0 Å². The minimum Gasteiger partial charge on any atom is -0.290 e. The summed E-state index contributed by atoms with van der Waals surface area (Å²) in [5, 5.41) is 7.96. The van der Waals surface area contributed by atoms with Gasteiger partial charge in [-0.15, -0.1) is 0 Å². The van der Waals surface area contributed by atoms with E-state index in [-0.39, 0.29) is 0 Å². The molecule has 1 N–H and O–H groups in total. The molecule has 0 spiro atoms. The van der Waals surface area contributed by atoms with Crippen LogP contribution in [0.1, 0.15) is 0 Å². The van der Waals surface area contributed by atoms with E-state index in [0.717, 1.165) is 0 Å². The summed E-state index contributed by atoms with van der Waals surface area (Å²) in [6.07, 6.45) is 0. The Balaban J connectivity index is 3.17. The van der Waals surface area contributed by atoms with E-state index in [0.29, 0.717) is 0 Å². The fourth-order valence-corrected chi connectivity index (χ4v) is 0. The molecular weight excluding hydrogens is 96.1 g/mol. The van der Waals surface area contributed by atoms with Crippen LogP contribution in [0.5, 0.6) is 0 Å². The average molecular weight is 106 g/mol. The molecule has 38 valence electrons. The van der Waals surface area contributed by atoms with Crippen molar-refractivity contribution in [3.05, 3.63) is 0 Å². The normalized spacial score (nSPS) is 12.0. The van der Waals surface area contributed by atoms with E-state index in [1.54, 1.807) is 0 Å². The van der Waals surface area contributed by atoms with E-state index in [9.17, 15) is 0 Å². The van der Waals surface area contributed by atoms with Crippen molar-refractivity contribution in [3.63, 3.8) is 0 Å². The van der Waals surface area contributed by atoms with Crippen LogP contribution in [0.4, 0.5) is 0 Å². The van der Waals surface area contributed by atoms with Crippen molar-refractivity contribution in [3.8, 4) is 0 Å². The van der Waals surface area contributed by atoms with Crippen LogP contribution in [0.25, 0.3) is 0 Å². The zero-order chi connectivity index (χ0) is 5.21. The molecule has 0 saturated heterocycles. The van der Waals surface area contributed by atoms with Crippen molar-refractivity contribution in [1.29, 1.82) is 0 Å². The minimum atomic E-state index is -1.58. The summed E-state index contributed by atoms with van der Waals surface area (Å²) in [5.74, 6) is 0. The van der Waals surface area contributed by atoms with Crippen LogP contribution in [0.2, 0.25) is 19.6 Å². The molecule has 0 rings (SSSR count). The van der Waals surface area contributed by atoms with E-state index < -0.39 is 8.32 Å². The fraction of sp³-hybridized carbons (Fsp3) is 1.00. The predicted octanol–water partition coefficient (Wildman–Crippen LogP) is 1.31. The summed E-state index contributed by atoms with van der Waals surface area (Å²) < 4.78 is 4.08. The monoisotopic (exact) mass is 106 g/mol. The van der Waals surface area contributed by atoms with E-state index in [2.05, 4.69) is 4.58 Å². The maximum absolute atomic E-state index is 7.96. The molecular formula is C3H10O2Si. The average Bonchev–Trinajstić information content (AvgIpc) is 1.35. The highest BCUT2D eigenvalue weighted by Gasteiger charge is 2.12. The lowest BCUT2D eigenvalue weighted by Crippen LogP contribution is -2.22. The van der Waals surface area contributed by atoms with E-state index in [4.69, 9.17) is 5.26 Å². The molecule has 2 nitrogen and oxygen atoms in total. The van der Waals surface area contributed by atoms with Gasteiger partial charge in [0, 0.05) is 0 Å². The third-order valence-corrected chi connectivity index (χ3v) is 0.822. The molecule has 0 amide bonds.